The van der Waals surface area contributed by atoms with Crippen molar-refractivity contribution in [3.05, 3.63) is 60.2 Å². The fraction of sp³-hybridized carbons (Fsp3) is 0.176. The first-order chi connectivity index (χ1) is 8.34. The van der Waals surface area contributed by atoms with Gasteiger partial charge in [-0.15, -0.1) is 0 Å². The summed E-state index contributed by atoms with van der Waals surface area (Å²) in [6.45, 7) is 6.14. The Balaban J connectivity index is 0.000000514. The summed E-state index contributed by atoms with van der Waals surface area (Å²) < 4.78 is 0. The van der Waals surface area contributed by atoms with E-state index in [4.69, 9.17) is 0 Å². The van der Waals surface area contributed by atoms with E-state index in [2.05, 4.69) is 61.5 Å². The van der Waals surface area contributed by atoms with Crippen molar-refractivity contribution in [1.82, 2.24) is 0 Å². The normalized spacial score (nSPS) is 10.1. The fourth-order valence-corrected chi connectivity index (χ4v) is 2.12. The van der Waals surface area contributed by atoms with Crippen LogP contribution in [0.4, 0.5) is 0 Å². The smallest absolute Gasteiger partial charge is 0.0103 e. The van der Waals surface area contributed by atoms with Crippen LogP contribution in [0.5, 0.6) is 0 Å². The summed E-state index contributed by atoms with van der Waals surface area (Å²) in [6, 6.07) is 19.5. The molecular weight excluding hydrogens is 204 g/mol. The maximum atomic E-state index is 2.26. The average molecular weight is 222 g/mol. The minimum absolute atomic E-state index is 1.32. The SMILES string of the molecule is CC.Cc1ccc2ccc3ccccc3c2c1. The van der Waals surface area contributed by atoms with Crippen molar-refractivity contribution in [3.63, 3.8) is 0 Å². The third kappa shape index (κ3) is 2.16. The Morgan fingerprint density at radius 1 is 0.647 bits per heavy atom. The molecule has 0 nitrogen and oxygen atoms in total. The Bertz CT molecular complexity index is 636. The van der Waals surface area contributed by atoms with E-state index in [-0.39, 0.29) is 0 Å². The van der Waals surface area contributed by atoms with Gasteiger partial charge in [0.1, 0.15) is 0 Å². The number of benzene rings is 3. The van der Waals surface area contributed by atoms with Crippen LogP contribution in [0.15, 0.2) is 54.6 Å². The Hall–Kier alpha value is -1.82. The molecule has 0 saturated carbocycles. The van der Waals surface area contributed by atoms with Crippen LogP contribution in [0.3, 0.4) is 0 Å². The summed E-state index contributed by atoms with van der Waals surface area (Å²) >= 11 is 0. The lowest BCUT2D eigenvalue weighted by Crippen LogP contribution is -1.78. The Labute approximate surface area is 103 Å². The molecule has 17 heavy (non-hydrogen) atoms. The molecular formula is C17H18. The largest absolute Gasteiger partial charge is 0.0683 e. The molecule has 0 fully saturated rings. The molecule has 0 amide bonds. The van der Waals surface area contributed by atoms with Crippen molar-refractivity contribution in [3.8, 4) is 0 Å². The molecule has 0 bridgehead atoms. The molecule has 0 radical (unpaired) electrons. The second kappa shape index (κ2) is 5.01. The monoisotopic (exact) mass is 222 g/mol. The van der Waals surface area contributed by atoms with Crippen LogP contribution in [0.1, 0.15) is 19.4 Å². The number of hydrogen-bond donors (Lipinski definition) is 0. The topological polar surface area (TPSA) is 0 Å². The lowest BCUT2D eigenvalue weighted by atomic mass is 10.0. The summed E-state index contributed by atoms with van der Waals surface area (Å²) in [5.74, 6) is 0. The van der Waals surface area contributed by atoms with E-state index in [0.29, 0.717) is 0 Å². The molecule has 3 rings (SSSR count). The molecule has 3 aromatic carbocycles. The molecule has 0 aliphatic heterocycles. The van der Waals surface area contributed by atoms with Crippen LogP contribution in [0.2, 0.25) is 0 Å². The Kier molecular flexibility index (Phi) is 3.43. The van der Waals surface area contributed by atoms with E-state index in [9.17, 15) is 0 Å². The second-order valence-corrected chi connectivity index (χ2v) is 4.01. The first kappa shape index (κ1) is 11.7. The molecule has 0 aliphatic rings. The molecule has 0 unspecified atom stereocenters. The zero-order chi connectivity index (χ0) is 12.3. The first-order valence-corrected chi connectivity index (χ1v) is 6.23. The molecule has 3 aromatic rings. The highest BCUT2D eigenvalue weighted by molar-refractivity contribution is 6.07. The van der Waals surface area contributed by atoms with Crippen LogP contribution in [-0.4, -0.2) is 0 Å². The van der Waals surface area contributed by atoms with Gasteiger partial charge in [0.15, 0.2) is 0 Å². The minimum Gasteiger partial charge on any atom is -0.0683 e. The summed E-state index contributed by atoms with van der Waals surface area (Å²) in [4.78, 5) is 0. The van der Waals surface area contributed by atoms with Crippen molar-refractivity contribution in [2.45, 2.75) is 20.8 Å². The van der Waals surface area contributed by atoms with Gasteiger partial charge in [0.2, 0.25) is 0 Å². The second-order valence-electron chi connectivity index (χ2n) is 4.01. The van der Waals surface area contributed by atoms with Crippen molar-refractivity contribution >= 4 is 21.5 Å². The molecule has 0 heteroatoms. The molecule has 0 aromatic heterocycles. The highest BCUT2D eigenvalue weighted by Gasteiger charge is 1.99. The summed E-state index contributed by atoms with van der Waals surface area (Å²) in [5, 5.41) is 5.33. The fourth-order valence-electron chi connectivity index (χ4n) is 2.12. The van der Waals surface area contributed by atoms with Crippen molar-refractivity contribution < 1.29 is 0 Å². The van der Waals surface area contributed by atoms with Gasteiger partial charge in [0, 0.05) is 0 Å². The average Bonchev–Trinajstić information content (AvgIpc) is 2.41. The number of hydrogen-bond acceptors (Lipinski definition) is 0. The third-order valence-corrected chi connectivity index (χ3v) is 2.90. The first-order valence-electron chi connectivity index (χ1n) is 6.23. The van der Waals surface area contributed by atoms with Gasteiger partial charge in [-0.1, -0.05) is 74.0 Å². The van der Waals surface area contributed by atoms with Crippen LogP contribution >= 0.6 is 0 Å². The summed E-state index contributed by atoms with van der Waals surface area (Å²) in [7, 11) is 0. The van der Waals surface area contributed by atoms with Crippen molar-refractivity contribution in [2.24, 2.45) is 0 Å². The van der Waals surface area contributed by atoms with E-state index in [1.54, 1.807) is 0 Å². The Morgan fingerprint density at radius 2 is 1.24 bits per heavy atom. The Morgan fingerprint density at radius 3 is 2.00 bits per heavy atom. The standard InChI is InChI=1S/C15H12.C2H6/c1-11-6-7-13-9-8-12-4-2-3-5-14(12)15(13)10-11;1-2/h2-10H,1H3;1-2H3. The maximum absolute atomic E-state index is 2.26. The third-order valence-electron chi connectivity index (χ3n) is 2.90. The van der Waals surface area contributed by atoms with Crippen LogP contribution in [0, 0.1) is 6.92 Å². The number of rotatable bonds is 0. The highest BCUT2D eigenvalue weighted by Crippen LogP contribution is 2.25. The lowest BCUT2D eigenvalue weighted by molar-refractivity contribution is 1.50. The number of fused-ring (bicyclic) bond motifs is 3. The number of aryl methyl sites for hydroxylation is 1. The van der Waals surface area contributed by atoms with Gasteiger partial charge in [-0.25, -0.2) is 0 Å². The van der Waals surface area contributed by atoms with Gasteiger partial charge in [-0.05, 0) is 28.5 Å². The van der Waals surface area contributed by atoms with Crippen LogP contribution in [0.25, 0.3) is 21.5 Å². The minimum atomic E-state index is 1.32. The molecule has 86 valence electrons. The van der Waals surface area contributed by atoms with Gasteiger partial charge in [0.25, 0.3) is 0 Å². The van der Waals surface area contributed by atoms with Crippen LogP contribution < -0.4 is 0 Å². The highest BCUT2D eigenvalue weighted by atomic mass is 14.0. The van der Waals surface area contributed by atoms with Gasteiger partial charge in [-0.2, -0.15) is 0 Å². The lowest BCUT2D eigenvalue weighted by Gasteiger charge is -2.04. The molecule has 0 atom stereocenters. The van der Waals surface area contributed by atoms with Gasteiger partial charge >= 0.3 is 0 Å². The van der Waals surface area contributed by atoms with E-state index < -0.39 is 0 Å². The molecule has 0 heterocycles. The van der Waals surface area contributed by atoms with Crippen LogP contribution in [-0.2, 0) is 0 Å². The van der Waals surface area contributed by atoms with E-state index >= 15 is 0 Å². The zero-order valence-electron chi connectivity index (χ0n) is 10.7. The molecule has 0 spiro atoms. The van der Waals surface area contributed by atoms with Crippen molar-refractivity contribution in [1.29, 1.82) is 0 Å². The maximum Gasteiger partial charge on any atom is -0.0103 e. The molecule has 0 saturated heterocycles. The summed E-state index contributed by atoms with van der Waals surface area (Å²) in [5.41, 5.74) is 1.32. The van der Waals surface area contributed by atoms with Gasteiger partial charge < -0.3 is 0 Å². The predicted octanol–water partition coefficient (Wildman–Crippen LogP) is 5.33. The zero-order valence-corrected chi connectivity index (χ0v) is 10.7. The molecule has 0 aliphatic carbocycles. The quantitative estimate of drug-likeness (QED) is 0.451. The van der Waals surface area contributed by atoms with Crippen molar-refractivity contribution in [2.75, 3.05) is 0 Å². The van der Waals surface area contributed by atoms with E-state index in [0.717, 1.165) is 0 Å². The molecule has 0 N–H and O–H groups in total. The van der Waals surface area contributed by atoms with Gasteiger partial charge in [-0.3, -0.25) is 0 Å². The summed E-state index contributed by atoms with van der Waals surface area (Å²) in [6.07, 6.45) is 0. The van der Waals surface area contributed by atoms with E-state index in [1.807, 2.05) is 13.8 Å². The predicted molar refractivity (Wildman–Crippen MR) is 77.5 cm³/mol. The van der Waals surface area contributed by atoms with Gasteiger partial charge in [0.05, 0.1) is 0 Å². The van der Waals surface area contributed by atoms with E-state index in [1.165, 1.54) is 27.1 Å².